The van der Waals surface area contributed by atoms with Crippen molar-refractivity contribution in [1.29, 1.82) is 0 Å². The minimum atomic E-state index is -0.793. The second-order valence-corrected chi connectivity index (χ2v) is 9.40. The third-order valence-corrected chi connectivity index (χ3v) is 6.76. The maximum atomic E-state index is 13.1. The molecule has 0 saturated carbocycles. The average molecular weight is 562 g/mol. The number of barbiturate groups is 1. The molecule has 4 rings (SSSR count). The van der Waals surface area contributed by atoms with Crippen LogP contribution in [0.3, 0.4) is 0 Å². The molecule has 3 aromatic rings. The van der Waals surface area contributed by atoms with Gasteiger partial charge in [0.05, 0.1) is 10.2 Å². The van der Waals surface area contributed by atoms with E-state index in [1.807, 2.05) is 30.3 Å². The number of aryl methyl sites for hydroxylation is 1. The number of carbonyl (C=O) groups excluding carboxylic acids is 3. The largest absolute Gasteiger partial charge is 0.449 e. The molecule has 0 unspecified atom stereocenters. The molecule has 0 spiro atoms. The Kier molecular flexibility index (Phi) is 6.17. The van der Waals surface area contributed by atoms with Gasteiger partial charge in [-0.15, -0.1) is 0 Å². The lowest BCUT2D eigenvalue weighted by molar-refractivity contribution is -0.122. The third kappa shape index (κ3) is 4.53. The van der Waals surface area contributed by atoms with E-state index in [1.54, 1.807) is 31.2 Å². The summed E-state index contributed by atoms with van der Waals surface area (Å²) in [6, 6.07) is 15.7. The van der Waals surface area contributed by atoms with Crippen molar-refractivity contribution in [2.45, 2.75) is 16.9 Å². The van der Waals surface area contributed by atoms with Crippen LogP contribution in [-0.4, -0.2) is 17.8 Å². The average Bonchev–Trinajstić information content (AvgIpc) is 3.06. The first-order valence-electron chi connectivity index (χ1n) is 9.03. The Hall–Kier alpha value is -2.62. The Morgan fingerprint density at radius 3 is 2.48 bits per heavy atom. The predicted octanol–water partition coefficient (Wildman–Crippen LogP) is 5.93. The van der Waals surface area contributed by atoms with Gasteiger partial charge in [-0.05, 0) is 70.9 Å². The summed E-state index contributed by atoms with van der Waals surface area (Å²) in [5, 5.41) is 2.80. The Bertz CT molecular complexity index is 1240. The van der Waals surface area contributed by atoms with Crippen molar-refractivity contribution in [3.63, 3.8) is 0 Å². The molecule has 0 aliphatic carbocycles. The fourth-order valence-electron chi connectivity index (χ4n) is 2.99. The molecule has 2 heterocycles. The maximum absolute atomic E-state index is 13.1. The van der Waals surface area contributed by atoms with Crippen LogP contribution in [0.1, 0.15) is 11.3 Å². The van der Waals surface area contributed by atoms with Crippen LogP contribution < -0.4 is 10.2 Å². The van der Waals surface area contributed by atoms with Gasteiger partial charge in [0.1, 0.15) is 11.3 Å². The van der Waals surface area contributed by atoms with Crippen molar-refractivity contribution in [2.75, 3.05) is 4.90 Å². The molecule has 31 heavy (non-hydrogen) atoms. The first kappa shape index (κ1) is 21.6. The van der Waals surface area contributed by atoms with Gasteiger partial charge in [-0.3, -0.25) is 14.9 Å². The molecular weight excluding hydrogens is 548 g/mol. The van der Waals surface area contributed by atoms with Crippen LogP contribution in [0.25, 0.3) is 6.08 Å². The number of nitrogens with one attached hydrogen (secondary N) is 1. The van der Waals surface area contributed by atoms with E-state index in [4.69, 9.17) is 4.42 Å². The summed E-state index contributed by atoms with van der Waals surface area (Å²) < 4.78 is 7.33. The minimum absolute atomic E-state index is 0.195. The molecule has 0 radical (unpaired) electrons. The number of benzene rings is 2. The molecule has 0 atom stereocenters. The van der Waals surface area contributed by atoms with Crippen LogP contribution in [0, 0.1) is 6.92 Å². The Balaban J connectivity index is 1.67. The van der Waals surface area contributed by atoms with Crippen LogP contribution in [-0.2, 0) is 9.59 Å². The van der Waals surface area contributed by atoms with Crippen molar-refractivity contribution in [1.82, 2.24) is 5.32 Å². The van der Waals surface area contributed by atoms with Gasteiger partial charge < -0.3 is 4.42 Å². The number of furan rings is 1. The summed E-state index contributed by atoms with van der Waals surface area (Å²) in [6.07, 6.45) is 1.34. The fraction of sp³-hybridized carbons (Fsp3) is 0.0455. The monoisotopic (exact) mass is 560 g/mol. The molecule has 1 aliphatic heterocycles. The lowest BCUT2D eigenvalue weighted by Gasteiger charge is -2.27. The van der Waals surface area contributed by atoms with Crippen LogP contribution in [0.5, 0.6) is 0 Å². The van der Waals surface area contributed by atoms with E-state index >= 15 is 0 Å². The van der Waals surface area contributed by atoms with E-state index in [9.17, 15) is 14.4 Å². The zero-order valence-electron chi connectivity index (χ0n) is 16.0. The lowest BCUT2D eigenvalue weighted by Crippen LogP contribution is -2.54. The van der Waals surface area contributed by atoms with Crippen LogP contribution in [0.15, 0.2) is 83.5 Å². The molecule has 1 saturated heterocycles. The summed E-state index contributed by atoms with van der Waals surface area (Å²) >= 11 is 8.21. The van der Waals surface area contributed by atoms with Crippen LogP contribution in [0.2, 0.25) is 0 Å². The van der Waals surface area contributed by atoms with Crippen LogP contribution in [0.4, 0.5) is 10.5 Å². The Morgan fingerprint density at radius 1 is 1.03 bits per heavy atom. The number of nitrogens with zero attached hydrogens (tertiary/aromatic N) is 1. The number of hydrogen-bond acceptors (Lipinski definition) is 5. The van der Waals surface area contributed by atoms with Gasteiger partial charge in [0.15, 0.2) is 5.09 Å². The van der Waals surface area contributed by atoms with Gasteiger partial charge >= 0.3 is 6.03 Å². The van der Waals surface area contributed by atoms with Crippen molar-refractivity contribution in [2.24, 2.45) is 0 Å². The number of imide groups is 2. The molecule has 6 nitrogen and oxygen atoms in total. The molecule has 1 aromatic heterocycles. The summed E-state index contributed by atoms with van der Waals surface area (Å²) in [7, 11) is 0. The zero-order chi connectivity index (χ0) is 22.1. The smallest absolute Gasteiger partial charge is 0.335 e. The number of halogens is 2. The molecule has 9 heteroatoms. The fourth-order valence-corrected chi connectivity index (χ4v) is 4.82. The minimum Gasteiger partial charge on any atom is -0.449 e. The quantitative estimate of drug-likeness (QED) is 0.315. The number of hydrogen-bond donors (Lipinski definition) is 1. The summed E-state index contributed by atoms with van der Waals surface area (Å²) in [4.78, 5) is 39.8. The van der Waals surface area contributed by atoms with Gasteiger partial charge in [0, 0.05) is 9.37 Å². The molecule has 2 aromatic carbocycles. The number of amides is 4. The number of urea groups is 1. The van der Waals surface area contributed by atoms with E-state index in [0.29, 0.717) is 26.6 Å². The molecule has 1 fully saturated rings. The van der Waals surface area contributed by atoms with Crippen molar-refractivity contribution < 1.29 is 18.8 Å². The second kappa shape index (κ2) is 8.86. The highest BCUT2D eigenvalue weighted by molar-refractivity contribution is 9.10. The molecular formula is C22H14Br2N2O4S. The highest BCUT2D eigenvalue weighted by Gasteiger charge is 2.37. The third-order valence-electron chi connectivity index (χ3n) is 4.42. The summed E-state index contributed by atoms with van der Waals surface area (Å²) in [5.41, 5.74) is 0.901. The first-order valence-corrected chi connectivity index (χ1v) is 11.4. The highest BCUT2D eigenvalue weighted by Crippen LogP contribution is 2.37. The Morgan fingerprint density at radius 2 is 1.77 bits per heavy atom. The number of anilines is 1. The molecule has 1 N–H and O–H groups in total. The number of carbonyl (C=O) groups is 3. The van der Waals surface area contributed by atoms with Gasteiger partial charge in [-0.1, -0.05) is 45.9 Å². The topological polar surface area (TPSA) is 79.6 Å². The second-order valence-electron chi connectivity index (χ2n) is 6.59. The maximum Gasteiger partial charge on any atom is 0.335 e. The van der Waals surface area contributed by atoms with Crippen LogP contribution >= 0.6 is 43.6 Å². The number of rotatable bonds is 4. The van der Waals surface area contributed by atoms with Gasteiger partial charge in [-0.25, -0.2) is 9.69 Å². The van der Waals surface area contributed by atoms with E-state index in [0.717, 1.165) is 14.3 Å². The van der Waals surface area contributed by atoms with Gasteiger partial charge in [-0.2, -0.15) is 0 Å². The summed E-state index contributed by atoms with van der Waals surface area (Å²) in [6.45, 7) is 1.77. The predicted molar refractivity (Wildman–Crippen MR) is 125 cm³/mol. The van der Waals surface area contributed by atoms with E-state index in [2.05, 4.69) is 37.2 Å². The Labute approximate surface area is 198 Å². The van der Waals surface area contributed by atoms with Crippen molar-refractivity contribution in [3.8, 4) is 0 Å². The van der Waals surface area contributed by atoms with Gasteiger partial charge in [0.25, 0.3) is 11.8 Å². The molecule has 0 bridgehead atoms. The van der Waals surface area contributed by atoms with E-state index in [-0.39, 0.29) is 5.57 Å². The van der Waals surface area contributed by atoms with Crippen molar-refractivity contribution >= 4 is 73.2 Å². The summed E-state index contributed by atoms with van der Waals surface area (Å²) in [5.74, 6) is -1.18. The molecule has 156 valence electrons. The zero-order valence-corrected chi connectivity index (χ0v) is 20.0. The first-order chi connectivity index (χ1) is 14.8. The molecule has 1 aliphatic rings. The van der Waals surface area contributed by atoms with Crippen molar-refractivity contribution in [3.05, 3.63) is 80.4 Å². The van der Waals surface area contributed by atoms with Gasteiger partial charge in [0.2, 0.25) is 0 Å². The normalized spacial score (nSPS) is 15.5. The highest BCUT2D eigenvalue weighted by atomic mass is 79.9. The SMILES string of the molecule is Cc1cc(Br)ccc1N1C(=O)NC(=O)/C(=C\c2cc(Br)c(Sc3ccccc3)o2)C1=O. The standard InChI is InChI=1S/C22H14Br2N2O4S/c1-12-9-13(23)7-8-18(12)26-20(28)16(19(27)25-22(26)29)10-14-11-17(24)21(30-14)31-15-5-3-2-4-6-15/h2-11H,1H3,(H,25,27,29)/b16-10+. The van der Waals surface area contributed by atoms with E-state index in [1.165, 1.54) is 17.8 Å². The lowest BCUT2D eigenvalue weighted by atomic mass is 10.1. The molecule has 4 amide bonds. The van der Waals surface area contributed by atoms with E-state index < -0.39 is 17.8 Å².